The molecule has 3 aromatic rings. The molecule has 3 saturated heterocycles. The van der Waals surface area contributed by atoms with Crippen LogP contribution in [0.1, 0.15) is 84.3 Å². The quantitative estimate of drug-likeness (QED) is 0.287. The van der Waals surface area contributed by atoms with E-state index in [0.29, 0.717) is 29.2 Å². The molecule has 226 valence electrons. The molecule has 43 heavy (non-hydrogen) atoms. The SMILES string of the molecule is O=C1NC2=CSC(CCCCC(=O)N3CCC(c4nc(C(=O)N5CCC(c6c[nH]c7ccccc67)CC5)cs4)CC3)C2N1. The number of amides is 4. The summed E-state index contributed by atoms with van der Waals surface area (Å²) < 4.78 is 0. The molecule has 3 fully saturated rings. The standard InChI is InChI=1S/C32H38N6O3S2/c39-28(8-4-3-7-27-29-25(18-42-27)35-32(41)36-29)37-13-11-21(12-14-37)30-34-26(19-43-30)31(40)38-15-9-20(10-16-38)23-17-33-24-6-2-1-5-22(23)24/h1-2,5-6,17-21,27,29,33H,3-4,7-16H2,(H2,35,36,41). The predicted molar refractivity (Wildman–Crippen MR) is 170 cm³/mol. The highest BCUT2D eigenvalue weighted by Gasteiger charge is 2.37. The Bertz CT molecular complexity index is 1530. The summed E-state index contributed by atoms with van der Waals surface area (Å²) in [5.41, 5.74) is 4.09. The van der Waals surface area contributed by atoms with Crippen LogP contribution in [-0.2, 0) is 4.79 Å². The van der Waals surface area contributed by atoms with Crippen molar-refractivity contribution in [3.63, 3.8) is 0 Å². The first-order valence-electron chi connectivity index (χ1n) is 15.5. The number of para-hydroxylation sites is 1. The highest BCUT2D eigenvalue weighted by atomic mass is 32.2. The van der Waals surface area contributed by atoms with Gasteiger partial charge < -0.3 is 25.4 Å². The summed E-state index contributed by atoms with van der Waals surface area (Å²) in [5.74, 6) is 1.05. The first-order chi connectivity index (χ1) is 21.0. The number of likely N-dealkylation sites (tertiary alicyclic amines) is 2. The molecular formula is C32H38N6O3S2. The second kappa shape index (κ2) is 12.4. The van der Waals surface area contributed by atoms with Crippen LogP contribution in [0, 0.1) is 0 Å². The monoisotopic (exact) mass is 618 g/mol. The number of thioether (sulfide) groups is 1. The number of aromatic nitrogens is 2. The number of aromatic amines is 1. The first-order valence-corrected chi connectivity index (χ1v) is 17.4. The summed E-state index contributed by atoms with van der Waals surface area (Å²) in [4.78, 5) is 49.9. The minimum Gasteiger partial charge on any atom is -0.361 e. The number of H-pyrrole nitrogens is 1. The minimum absolute atomic E-state index is 0.0436. The van der Waals surface area contributed by atoms with Crippen molar-refractivity contribution in [3.8, 4) is 0 Å². The van der Waals surface area contributed by atoms with Crippen molar-refractivity contribution < 1.29 is 14.4 Å². The molecule has 2 unspecified atom stereocenters. The van der Waals surface area contributed by atoms with Gasteiger partial charge in [0, 0.05) is 71.9 Å². The van der Waals surface area contributed by atoms with Crippen LogP contribution in [-0.4, -0.2) is 75.1 Å². The molecule has 6 heterocycles. The van der Waals surface area contributed by atoms with Gasteiger partial charge in [-0.1, -0.05) is 24.6 Å². The number of carbonyl (C=O) groups is 3. The number of benzene rings is 1. The average molecular weight is 619 g/mol. The second-order valence-corrected chi connectivity index (χ2v) is 14.2. The zero-order valence-corrected chi connectivity index (χ0v) is 25.9. The summed E-state index contributed by atoms with van der Waals surface area (Å²) in [7, 11) is 0. The van der Waals surface area contributed by atoms with E-state index >= 15 is 0 Å². The van der Waals surface area contributed by atoms with Gasteiger partial charge in [0.05, 0.1) is 11.0 Å². The van der Waals surface area contributed by atoms with Crippen molar-refractivity contribution in [2.24, 2.45) is 0 Å². The summed E-state index contributed by atoms with van der Waals surface area (Å²) in [6.45, 7) is 3.00. The van der Waals surface area contributed by atoms with E-state index in [0.717, 1.165) is 81.8 Å². The van der Waals surface area contributed by atoms with Crippen LogP contribution in [0.25, 0.3) is 10.9 Å². The number of fused-ring (bicyclic) bond motifs is 2. The third-order valence-electron chi connectivity index (χ3n) is 9.53. The number of nitrogens with zero attached hydrogens (tertiary/aromatic N) is 3. The van der Waals surface area contributed by atoms with E-state index in [-0.39, 0.29) is 23.9 Å². The molecule has 0 spiro atoms. The van der Waals surface area contributed by atoms with Crippen LogP contribution in [0.5, 0.6) is 0 Å². The lowest BCUT2D eigenvalue weighted by Gasteiger charge is -2.32. The van der Waals surface area contributed by atoms with Crippen molar-refractivity contribution >= 4 is 51.8 Å². The van der Waals surface area contributed by atoms with E-state index in [2.05, 4.69) is 46.1 Å². The second-order valence-electron chi connectivity index (χ2n) is 12.2. The van der Waals surface area contributed by atoms with Gasteiger partial charge in [-0.15, -0.1) is 23.1 Å². The summed E-state index contributed by atoms with van der Waals surface area (Å²) in [6.07, 6.45) is 9.26. The van der Waals surface area contributed by atoms with Crippen molar-refractivity contribution in [2.45, 2.75) is 74.5 Å². The van der Waals surface area contributed by atoms with E-state index in [1.54, 1.807) is 23.1 Å². The molecule has 2 atom stereocenters. The lowest BCUT2D eigenvalue weighted by atomic mass is 9.89. The molecule has 3 N–H and O–H groups in total. The summed E-state index contributed by atoms with van der Waals surface area (Å²) in [5, 5.41) is 12.5. The number of rotatable bonds is 8. The van der Waals surface area contributed by atoms with Crippen LogP contribution in [0.2, 0.25) is 0 Å². The summed E-state index contributed by atoms with van der Waals surface area (Å²) >= 11 is 3.36. The van der Waals surface area contributed by atoms with E-state index < -0.39 is 0 Å². The number of hydrogen-bond donors (Lipinski definition) is 3. The van der Waals surface area contributed by atoms with E-state index in [4.69, 9.17) is 4.98 Å². The van der Waals surface area contributed by atoms with E-state index in [1.807, 2.05) is 20.6 Å². The fourth-order valence-corrected chi connectivity index (χ4v) is 9.22. The van der Waals surface area contributed by atoms with Crippen molar-refractivity contribution in [1.82, 2.24) is 30.4 Å². The number of hydrogen-bond acceptors (Lipinski definition) is 6. The van der Waals surface area contributed by atoms with Gasteiger partial charge in [-0.05, 0) is 61.5 Å². The number of urea groups is 1. The van der Waals surface area contributed by atoms with Crippen molar-refractivity contribution in [1.29, 1.82) is 0 Å². The van der Waals surface area contributed by atoms with Gasteiger partial charge >= 0.3 is 6.03 Å². The van der Waals surface area contributed by atoms with Crippen LogP contribution in [0.15, 0.2) is 46.9 Å². The number of unbranched alkanes of at least 4 members (excludes halogenated alkanes) is 1. The Labute approximate surface area is 259 Å². The Kier molecular flexibility index (Phi) is 8.18. The zero-order valence-electron chi connectivity index (χ0n) is 24.2. The first kappa shape index (κ1) is 28.5. The molecule has 7 rings (SSSR count). The molecule has 2 aromatic heterocycles. The Morgan fingerprint density at radius 2 is 1.74 bits per heavy atom. The molecule has 4 amide bonds. The number of piperidine rings is 2. The maximum atomic E-state index is 13.3. The Hall–Kier alpha value is -3.31. The summed E-state index contributed by atoms with van der Waals surface area (Å²) in [6, 6.07) is 8.41. The predicted octanol–water partition coefficient (Wildman–Crippen LogP) is 5.55. The lowest BCUT2D eigenvalue weighted by Crippen LogP contribution is -2.38. The third kappa shape index (κ3) is 5.93. The van der Waals surface area contributed by atoms with Crippen LogP contribution in [0.4, 0.5) is 4.79 Å². The highest BCUT2D eigenvalue weighted by Crippen LogP contribution is 2.36. The Balaban J connectivity index is 0.837. The zero-order chi connectivity index (χ0) is 29.3. The van der Waals surface area contributed by atoms with Crippen LogP contribution in [0.3, 0.4) is 0 Å². The van der Waals surface area contributed by atoms with Gasteiger partial charge in [-0.3, -0.25) is 9.59 Å². The lowest BCUT2D eigenvalue weighted by molar-refractivity contribution is -0.132. The topological polar surface area (TPSA) is 110 Å². The smallest absolute Gasteiger partial charge is 0.319 e. The fourth-order valence-electron chi connectivity index (χ4n) is 7.05. The van der Waals surface area contributed by atoms with Crippen molar-refractivity contribution in [2.75, 3.05) is 26.2 Å². The molecule has 9 nitrogen and oxygen atoms in total. The maximum absolute atomic E-state index is 13.3. The molecule has 1 aromatic carbocycles. The van der Waals surface area contributed by atoms with Gasteiger partial charge in [0.1, 0.15) is 5.69 Å². The molecule has 4 aliphatic rings. The molecule has 0 aliphatic carbocycles. The number of carbonyl (C=O) groups excluding carboxylic acids is 3. The number of nitrogens with one attached hydrogen (secondary N) is 3. The molecular weight excluding hydrogens is 581 g/mol. The average Bonchev–Trinajstić information content (AvgIpc) is 3.84. The normalized spacial score (nSPS) is 22.9. The Morgan fingerprint density at radius 3 is 2.58 bits per heavy atom. The highest BCUT2D eigenvalue weighted by molar-refractivity contribution is 8.03. The van der Waals surface area contributed by atoms with Gasteiger partial charge in [-0.2, -0.15) is 0 Å². The molecule has 0 saturated carbocycles. The molecule has 0 radical (unpaired) electrons. The van der Waals surface area contributed by atoms with E-state index in [1.165, 1.54) is 16.5 Å². The molecule has 4 aliphatic heterocycles. The van der Waals surface area contributed by atoms with Gasteiger partial charge in [-0.25, -0.2) is 9.78 Å². The minimum atomic E-state index is -0.112. The largest absolute Gasteiger partial charge is 0.361 e. The fraction of sp³-hybridized carbons (Fsp3) is 0.500. The van der Waals surface area contributed by atoms with Gasteiger partial charge in [0.25, 0.3) is 5.91 Å². The molecule has 0 bridgehead atoms. The number of thiazole rings is 1. The van der Waals surface area contributed by atoms with Crippen LogP contribution < -0.4 is 10.6 Å². The third-order valence-corrected chi connectivity index (χ3v) is 11.8. The Morgan fingerprint density at radius 1 is 0.977 bits per heavy atom. The maximum Gasteiger partial charge on any atom is 0.319 e. The van der Waals surface area contributed by atoms with Crippen molar-refractivity contribution in [3.05, 3.63) is 63.2 Å². The van der Waals surface area contributed by atoms with Gasteiger partial charge in [0.15, 0.2) is 0 Å². The van der Waals surface area contributed by atoms with E-state index in [9.17, 15) is 14.4 Å². The van der Waals surface area contributed by atoms with Gasteiger partial charge in [0.2, 0.25) is 5.91 Å². The molecule has 11 heteroatoms. The van der Waals surface area contributed by atoms with Crippen LogP contribution >= 0.6 is 23.1 Å².